The smallest absolute Gasteiger partial charge is 0.265 e. The van der Waals surface area contributed by atoms with Crippen molar-refractivity contribution in [3.8, 4) is 28.7 Å². The number of methoxy groups -OCH3 is 3. The Kier molecular flexibility index (Phi) is 8.15. The Morgan fingerprint density at radius 2 is 1.70 bits per heavy atom. The highest BCUT2D eigenvalue weighted by Gasteiger charge is 2.26. The number of nitrogens with zero attached hydrogens (tertiary/aromatic N) is 1. The van der Waals surface area contributed by atoms with Crippen LogP contribution < -0.4 is 33.9 Å². The molecule has 1 aliphatic rings. The number of fused-ring (bicyclic) bond motifs is 1. The number of carbonyl (C=O) groups excluding carboxylic acids is 2. The van der Waals surface area contributed by atoms with Crippen molar-refractivity contribution >= 4 is 29.3 Å². The third kappa shape index (κ3) is 6.32. The van der Waals surface area contributed by atoms with Gasteiger partial charge in [-0.25, -0.2) is 0 Å². The number of hydrogen-bond acceptors (Lipinski definition) is 7. The summed E-state index contributed by atoms with van der Waals surface area (Å²) in [5, 5.41) is 2.82. The maximum Gasteiger partial charge on any atom is 0.265 e. The number of benzene rings is 3. The highest BCUT2D eigenvalue weighted by Crippen LogP contribution is 2.34. The molecule has 1 heterocycles. The van der Waals surface area contributed by atoms with Crippen molar-refractivity contribution < 1.29 is 33.3 Å². The first-order valence-electron chi connectivity index (χ1n) is 11.6. The molecule has 9 heteroatoms. The number of carbonyl (C=O) groups is 2. The molecule has 9 nitrogen and oxygen atoms in total. The predicted octanol–water partition coefficient (Wildman–Crippen LogP) is 4.17. The van der Waals surface area contributed by atoms with E-state index < -0.39 is 0 Å². The molecule has 0 atom stereocenters. The monoisotopic (exact) mass is 504 g/mol. The van der Waals surface area contributed by atoms with Gasteiger partial charge >= 0.3 is 0 Å². The maximum atomic E-state index is 12.6. The molecule has 0 saturated heterocycles. The molecule has 0 saturated carbocycles. The third-order valence-corrected chi connectivity index (χ3v) is 5.65. The van der Waals surface area contributed by atoms with Gasteiger partial charge in [0.15, 0.2) is 18.1 Å². The molecular formula is C28H28N2O7. The van der Waals surface area contributed by atoms with E-state index in [1.807, 2.05) is 6.07 Å². The summed E-state index contributed by atoms with van der Waals surface area (Å²) in [6, 6.07) is 17.7. The van der Waals surface area contributed by atoms with Crippen LogP contribution in [0.1, 0.15) is 5.56 Å². The standard InChI is InChI=1S/C28H28N2O7/c1-33-21-7-9-22(10-8-21)36-15-14-30-23-17-20(6-12-24(23)37-18-28(30)32)29-27(31)13-5-19-4-11-25(34-2)26(16-19)35-3/h4-13,16-17H,14-15,18H2,1-3H3,(H,29,31)/b13-5+. The van der Waals surface area contributed by atoms with Crippen LogP contribution in [0.4, 0.5) is 11.4 Å². The van der Waals surface area contributed by atoms with E-state index in [-0.39, 0.29) is 25.0 Å². The van der Waals surface area contributed by atoms with E-state index in [0.29, 0.717) is 40.9 Å². The van der Waals surface area contributed by atoms with Gasteiger partial charge in [-0.1, -0.05) is 6.07 Å². The maximum absolute atomic E-state index is 12.6. The summed E-state index contributed by atoms with van der Waals surface area (Å²) in [5.41, 5.74) is 1.87. The molecule has 1 N–H and O–H groups in total. The first kappa shape index (κ1) is 25.4. The Morgan fingerprint density at radius 3 is 2.43 bits per heavy atom. The van der Waals surface area contributed by atoms with Crippen LogP contribution in [-0.2, 0) is 9.59 Å². The van der Waals surface area contributed by atoms with E-state index in [2.05, 4.69) is 5.32 Å². The molecule has 0 fully saturated rings. The summed E-state index contributed by atoms with van der Waals surface area (Å²) in [5.74, 6) is 2.62. The summed E-state index contributed by atoms with van der Waals surface area (Å²) in [6.07, 6.45) is 3.09. The number of nitrogens with one attached hydrogen (secondary N) is 1. The fourth-order valence-electron chi connectivity index (χ4n) is 3.76. The molecular weight excluding hydrogens is 476 g/mol. The topological polar surface area (TPSA) is 95.6 Å². The summed E-state index contributed by atoms with van der Waals surface area (Å²) < 4.78 is 27.0. The SMILES string of the molecule is COc1ccc(OCCN2C(=O)COc3ccc(NC(=O)/C=C/c4ccc(OC)c(OC)c4)cc32)cc1. The zero-order valence-corrected chi connectivity index (χ0v) is 20.9. The lowest BCUT2D eigenvalue weighted by atomic mass is 10.2. The van der Waals surface area contributed by atoms with E-state index >= 15 is 0 Å². The highest BCUT2D eigenvalue weighted by molar-refractivity contribution is 6.03. The summed E-state index contributed by atoms with van der Waals surface area (Å²) in [7, 11) is 4.72. The van der Waals surface area contributed by atoms with E-state index in [1.165, 1.54) is 6.08 Å². The predicted molar refractivity (Wildman–Crippen MR) is 140 cm³/mol. The van der Waals surface area contributed by atoms with Gasteiger partial charge in [0.1, 0.15) is 23.9 Å². The Balaban J connectivity index is 1.41. The Hall–Kier alpha value is -4.66. The van der Waals surface area contributed by atoms with Crippen LogP contribution in [0, 0.1) is 0 Å². The van der Waals surface area contributed by atoms with Gasteiger partial charge in [-0.3, -0.25) is 9.59 Å². The van der Waals surface area contributed by atoms with Crippen molar-refractivity contribution in [2.24, 2.45) is 0 Å². The lowest BCUT2D eigenvalue weighted by Gasteiger charge is -2.29. The second-order valence-corrected chi connectivity index (χ2v) is 7.98. The van der Waals surface area contributed by atoms with E-state index in [4.69, 9.17) is 23.7 Å². The molecule has 0 radical (unpaired) electrons. The number of hydrogen-bond donors (Lipinski definition) is 1. The number of amides is 2. The first-order chi connectivity index (χ1) is 18.0. The van der Waals surface area contributed by atoms with E-state index in [0.717, 1.165) is 11.3 Å². The Morgan fingerprint density at radius 1 is 0.946 bits per heavy atom. The Labute approximate surface area is 215 Å². The van der Waals surface area contributed by atoms with Crippen LogP contribution in [0.5, 0.6) is 28.7 Å². The fraction of sp³-hybridized carbons (Fsp3) is 0.214. The minimum absolute atomic E-state index is 0.0602. The lowest BCUT2D eigenvalue weighted by molar-refractivity contribution is -0.121. The molecule has 0 spiro atoms. The second-order valence-electron chi connectivity index (χ2n) is 7.98. The molecule has 0 aromatic heterocycles. The van der Waals surface area contributed by atoms with E-state index in [9.17, 15) is 9.59 Å². The van der Waals surface area contributed by atoms with Crippen LogP contribution in [0.25, 0.3) is 6.08 Å². The quantitative estimate of drug-likeness (QED) is 0.414. The average molecular weight is 505 g/mol. The van der Waals surface area contributed by atoms with Crippen LogP contribution in [0.15, 0.2) is 66.7 Å². The molecule has 2 amide bonds. The normalized spacial score (nSPS) is 12.5. The zero-order chi connectivity index (χ0) is 26.2. The van der Waals surface area contributed by atoms with Crippen LogP contribution in [0.3, 0.4) is 0 Å². The van der Waals surface area contributed by atoms with Crippen LogP contribution in [-0.4, -0.2) is 52.9 Å². The van der Waals surface area contributed by atoms with Crippen molar-refractivity contribution in [2.75, 3.05) is 51.3 Å². The van der Waals surface area contributed by atoms with Gasteiger partial charge in [0, 0.05) is 11.8 Å². The summed E-state index contributed by atoms with van der Waals surface area (Å²) >= 11 is 0. The molecule has 192 valence electrons. The summed E-state index contributed by atoms with van der Waals surface area (Å²) in [4.78, 5) is 26.7. The molecule has 0 aliphatic carbocycles. The number of ether oxygens (including phenoxy) is 5. The first-order valence-corrected chi connectivity index (χ1v) is 11.6. The van der Waals surface area contributed by atoms with Gasteiger partial charge in [0.25, 0.3) is 5.91 Å². The van der Waals surface area contributed by atoms with Gasteiger partial charge in [-0.2, -0.15) is 0 Å². The molecule has 0 unspecified atom stereocenters. The number of rotatable bonds is 10. The molecule has 4 rings (SSSR count). The van der Waals surface area contributed by atoms with Crippen molar-refractivity contribution in [1.29, 1.82) is 0 Å². The summed E-state index contributed by atoms with van der Waals surface area (Å²) in [6.45, 7) is 0.537. The number of anilines is 2. The van der Waals surface area contributed by atoms with Gasteiger partial charge in [-0.15, -0.1) is 0 Å². The molecule has 3 aromatic carbocycles. The van der Waals surface area contributed by atoms with Gasteiger partial charge in [-0.05, 0) is 66.2 Å². The third-order valence-electron chi connectivity index (χ3n) is 5.65. The van der Waals surface area contributed by atoms with Crippen molar-refractivity contribution in [3.05, 3.63) is 72.3 Å². The van der Waals surface area contributed by atoms with Gasteiger partial charge < -0.3 is 33.9 Å². The van der Waals surface area contributed by atoms with Gasteiger partial charge in [0.05, 0.1) is 33.6 Å². The molecule has 37 heavy (non-hydrogen) atoms. The zero-order valence-electron chi connectivity index (χ0n) is 20.9. The Bertz CT molecular complexity index is 1290. The van der Waals surface area contributed by atoms with Gasteiger partial charge in [0.2, 0.25) is 5.91 Å². The molecule has 1 aliphatic heterocycles. The fourth-order valence-corrected chi connectivity index (χ4v) is 3.76. The molecule has 3 aromatic rings. The van der Waals surface area contributed by atoms with E-state index in [1.54, 1.807) is 86.9 Å². The minimum atomic E-state index is -0.327. The average Bonchev–Trinajstić information content (AvgIpc) is 2.93. The minimum Gasteiger partial charge on any atom is -0.497 e. The second kappa shape index (κ2) is 11.9. The lowest BCUT2D eigenvalue weighted by Crippen LogP contribution is -2.41. The van der Waals surface area contributed by atoms with Crippen LogP contribution in [0.2, 0.25) is 0 Å². The van der Waals surface area contributed by atoms with Crippen LogP contribution >= 0.6 is 0 Å². The van der Waals surface area contributed by atoms with Crippen molar-refractivity contribution in [2.45, 2.75) is 0 Å². The largest absolute Gasteiger partial charge is 0.497 e. The van der Waals surface area contributed by atoms with Crippen molar-refractivity contribution in [1.82, 2.24) is 0 Å². The highest BCUT2D eigenvalue weighted by atomic mass is 16.5. The van der Waals surface area contributed by atoms with Crippen molar-refractivity contribution in [3.63, 3.8) is 0 Å². The molecule has 0 bridgehead atoms.